The lowest BCUT2D eigenvalue weighted by atomic mass is 9.98. The van der Waals surface area contributed by atoms with Gasteiger partial charge in [0.05, 0.1) is 6.04 Å². The van der Waals surface area contributed by atoms with E-state index in [9.17, 15) is 14.7 Å². The molecule has 0 heterocycles. The van der Waals surface area contributed by atoms with Crippen molar-refractivity contribution < 1.29 is 14.7 Å². The number of nitrogens with two attached hydrogens (primary N) is 1. The number of rotatable bonds is 8. The lowest BCUT2D eigenvalue weighted by Gasteiger charge is -2.22. The third kappa shape index (κ3) is 5.78. The highest BCUT2D eigenvalue weighted by atomic mass is 16.3. The molecule has 6 heteroatoms. The van der Waals surface area contributed by atoms with Gasteiger partial charge in [-0.3, -0.25) is 9.59 Å². The van der Waals surface area contributed by atoms with Gasteiger partial charge in [0.1, 0.15) is 6.23 Å². The Morgan fingerprint density at radius 2 is 1.48 bits per heavy atom. The molecule has 0 saturated heterocycles. The summed E-state index contributed by atoms with van der Waals surface area (Å²) in [6, 6.07) is 22.9. The van der Waals surface area contributed by atoms with Gasteiger partial charge in [-0.15, -0.1) is 0 Å². The first-order chi connectivity index (χ1) is 15.0. The Bertz CT molecular complexity index is 1020. The molecule has 0 aromatic heterocycles. The van der Waals surface area contributed by atoms with E-state index >= 15 is 0 Å². The summed E-state index contributed by atoms with van der Waals surface area (Å²) in [7, 11) is 0. The monoisotopic (exact) mass is 417 g/mol. The molecule has 0 fully saturated rings. The maximum absolute atomic E-state index is 12.8. The molecule has 2 atom stereocenters. The molecule has 0 bridgehead atoms. The van der Waals surface area contributed by atoms with Gasteiger partial charge in [0, 0.05) is 17.7 Å². The zero-order valence-electron chi connectivity index (χ0n) is 17.4. The van der Waals surface area contributed by atoms with Crippen LogP contribution in [0.3, 0.4) is 0 Å². The lowest BCUT2D eigenvalue weighted by Crippen LogP contribution is -2.38. The van der Waals surface area contributed by atoms with Crippen molar-refractivity contribution in [3.05, 3.63) is 107 Å². The van der Waals surface area contributed by atoms with E-state index in [1.807, 2.05) is 42.5 Å². The van der Waals surface area contributed by atoms with E-state index in [1.165, 1.54) is 0 Å². The Labute approximate surface area is 182 Å². The van der Waals surface area contributed by atoms with Crippen molar-refractivity contribution in [3.8, 4) is 0 Å². The Hall–Kier alpha value is -3.48. The summed E-state index contributed by atoms with van der Waals surface area (Å²) in [5, 5.41) is 15.4. The Kier molecular flexibility index (Phi) is 7.54. The van der Waals surface area contributed by atoms with Crippen molar-refractivity contribution in [1.29, 1.82) is 0 Å². The van der Waals surface area contributed by atoms with Crippen LogP contribution in [-0.2, 0) is 6.42 Å². The van der Waals surface area contributed by atoms with Gasteiger partial charge in [-0.2, -0.15) is 0 Å². The van der Waals surface area contributed by atoms with Gasteiger partial charge in [0.15, 0.2) is 0 Å². The number of amides is 2. The smallest absolute Gasteiger partial charge is 0.251 e. The fourth-order valence-corrected chi connectivity index (χ4v) is 3.39. The SMILES string of the molecule is CCc1ccccc1C(CNC(=O)c1ccc(C(N)O)cc1)NC(=O)c1ccccc1. The summed E-state index contributed by atoms with van der Waals surface area (Å²) in [6.45, 7) is 2.29. The minimum absolute atomic E-state index is 0.202. The van der Waals surface area contributed by atoms with Crippen LogP contribution in [-0.4, -0.2) is 23.5 Å². The highest BCUT2D eigenvalue weighted by Crippen LogP contribution is 2.19. The van der Waals surface area contributed by atoms with Gasteiger partial charge in [0.2, 0.25) is 0 Å². The predicted octanol–water partition coefficient (Wildman–Crippen LogP) is 3.10. The summed E-state index contributed by atoms with van der Waals surface area (Å²) in [5.41, 5.74) is 9.05. The molecular weight excluding hydrogens is 390 g/mol. The molecule has 31 heavy (non-hydrogen) atoms. The lowest BCUT2D eigenvalue weighted by molar-refractivity contribution is 0.0908. The van der Waals surface area contributed by atoms with Crippen molar-refractivity contribution in [2.45, 2.75) is 25.6 Å². The van der Waals surface area contributed by atoms with Crippen LogP contribution in [0.5, 0.6) is 0 Å². The third-order valence-electron chi connectivity index (χ3n) is 5.13. The topological polar surface area (TPSA) is 104 Å². The van der Waals surface area contributed by atoms with Gasteiger partial charge in [-0.25, -0.2) is 0 Å². The number of hydrogen-bond acceptors (Lipinski definition) is 4. The molecule has 3 rings (SSSR count). The maximum atomic E-state index is 12.8. The number of hydrogen-bond donors (Lipinski definition) is 4. The second kappa shape index (κ2) is 10.5. The number of aliphatic hydroxyl groups excluding tert-OH is 1. The number of aliphatic hydroxyl groups is 1. The number of nitrogens with one attached hydrogen (secondary N) is 2. The Morgan fingerprint density at radius 1 is 0.871 bits per heavy atom. The van der Waals surface area contributed by atoms with Crippen LogP contribution in [0.4, 0.5) is 0 Å². The van der Waals surface area contributed by atoms with Crippen molar-refractivity contribution >= 4 is 11.8 Å². The number of carbonyl (C=O) groups excluding carboxylic acids is 2. The molecule has 2 unspecified atom stereocenters. The third-order valence-corrected chi connectivity index (χ3v) is 5.13. The maximum Gasteiger partial charge on any atom is 0.251 e. The summed E-state index contributed by atoms with van der Waals surface area (Å²) in [5.74, 6) is -0.474. The molecule has 3 aromatic carbocycles. The van der Waals surface area contributed by atoms with Crippen LogP contribution in [0.25, 0.3) is 0 Å². The van der Waals surface area contributed by atoms with Crippen LogP contribution in [0, 0.1) is 0 Å². The van der Waals surface area contributed by atoms with E-state index in [-0.39, 0.29) is 18.4 Å². The van der Waals surface area contributed by atoms with Gasteiger partial charge < -0.3 is 21.5 Å². The normalized spacial score (nSPS) is 12.6. The van der Waals surface area contributed by atoms with E-state index in [2.05, 4.69) is 17.6 Å². The molecule has 0 aliphatic carbocycles. The van der Waals surface area contributed by atoms with Crippen molar-refractivity contribution in [2.75, 3.05) is 6.54 Å². The van der Waals surface area contributed by atoms with Crippen LogP contribution >= 0.6 is 0 Å². The van der Waals surface area contributed by atoms with Crippen LogP contribution in [0.2, 0.25) is 0 Å². The molecule has 0 aliphatic heterocycles. The van der Waals surface area contributed by atoms with Crippen LogP contribution < -0.4 is 16.4 Å². The molecule has 6 nitrogen and oxygen atoms in total. The Balaban J connectivity index is 1.77. The van der Waals surface area contributed by atoms with Gasteiger partial charge >= 0.3 is 0 Å². The van der Waals surface area contributed by atoms with Crippen LogP contribution in [0.15, 0.2) is 78.9 Å². The molecule has 3 aromatic rings. The first-order valence-corrected chi connectivity index (χ1v) is 10.2. The number of carbonyl (C=O) groups is 2. The highest BCUT2D eigenvalue weighted by Gasteiger charge is 2.19. The van der Waals surface area contributed by atoms with E-state index < -0.39 is 12.3 Å². The minimum atomic E-state index is -1.08. The van der Waals surface area contributed by atoms with Crippen molar-refractivity contribution in [3.63, 3.8) is 0 Å². The number of benzene rings is 3. The molecule has 0 aliphatic rings. The van der Waals surface area contributed by atoms with E-state index in [1.54, 1.807) is 36.4 Å². The molecule has 160 valence electrons. The fraction of sp³-hybridized carbons (Fsp3) is 0.200. The van der Waals surface area contributed by atoms with Crippen molar-refractivity contribution in [2.24, 2.45) is 5.73 Å². The standard InChI is InChI=1S/C25H27N3O3/c1-2-17-8-6-7-11-21(17)22(28-25(31)19-9-4-3-5-10-19)16-27-24(30)20-14-12-18(13-15-20)23(26)29/h3-15,22-23,29H,2,16,26H2,1H3,(H,27,30)(H,28,31). The Morgan fingerprint density at radius 3 is 2.13 bits per heavy atom. The summed E-state index contributed by atoms with van der Waals surface area (Å²) in [4.78, 5) is 25.4. The second-order valence-electron chi connectivity index (χ2n) is 7.22. The molecule has 2 amide bonds. The van der Waals surface area contributed by atoms with Crippen molar-refractivity contribution in [1.82, 2.24) is 10.6 Å². The molecule has 0 radical (unpaired) electrons. The van der Waals surface area contributed by atoms with Gasteiger partial charge in [0.25, 0.3) is 11.8 Å². The zero-order chi connectivity index (χ0) is 22.2. The highest BCUT2D eigenvalue weighted by molar-refractivity contribution is 5.95. The minimum Gasteiger partial charge on any atom is -0.375 e. The van der Waals surface area contributed by atoms with E-state index in [4.69, 9.17) is 5.73 Å². The first kappa shape index (κ1) is 22.2. The first-order valence-electron chi connectivity index (χ1n) is 10.2. The predicted molar refractivity (Wildman–Crippen MR) is 120 cm³/mol. The summed E-state index contributed by atoms with van der Waals surface area (Å²) < 4.78 is 0. The molecule has 5 N–H and O–H groups in total. The number of aryl methyl sites for hydroxylation is 1. The molecule has 0 saturated carbocycles. The largest absolute Gasteiger partial charge is 0.375 e. The van der Waals surface area contributed by atoms with Gasteiger partial charge in [-0.1, -0.05) is 61.5 Å². The van der Waals surface area contributed by atoms with Gasteiger partial charge in [-0.05, 0) is 47.4 Å². The second-order valence-corrected chi connectivity index (χ2v) is 7.22. The zero-order valence-corrected chi connectivity index (χ0v) is 17.4. The quantitative estimate of drug-likeness (QED) is 0.423. The molecular formula is C25H27N3O3. The summed E-state index contributed by atoms with van der Waals surface area (Å²) >= 11 is 0. The fourth-order valence-electron chi connectivity index (χ4n) is 3.39. The average molecular weight is 418 g/mol. The van der Waals surface area contributed by atoms with Crippen LogP contribution in [0.1, 0.15) is 56.6 Å². The van der Waals surface area contributed by atoms with E-state index in [0.29, 0.717) is 16.7 Å². The van der Waals surface area contributed by atoms with E-state index in [0.717, 1.165) is 17.5 Å². The average Bonchev–Trinajstić information content (AvgIpc) is 2.82. The summed E-state index contributed by atoms with van der Waals surface area (Å²) in [6.07, 6.45) is -0.273. The molecule has 0 spiro atoms.